The molecule has 0 saturated carbocycles. The van der Waals surface area contributed by atoms with Crippen molar-refractivity contribution in [1.29, 1.82) is 0 Å². The highest BCUT2D eigenvalue weighted by atomic mass is 35.5. The lowest BCUT2D eigenvalue weighted by molar-refractivity contribution is 0.619. The van der Waals surface area contributed by atoms with E-state index in [2.05, 4.69) is 20.6 Å². The molecular formula is C16H12ClFN4. The summed E-state index contributed by atoms with van der Waals surface area (Å²) >= 11 is 6.05. The normalized spacial score (nSPS) is 10.3. The first kappa shape index (κ1) is 14.3. The van der Waals surface area contributed by atoms with Crippen LogP contribution in [-0.2, 0) is 0 Å². The molecule has 110 valence electrons. The van der Waals surface area contributed by atoms with Gasteiger partial charge >= 0.3 is 0 Å². The lowest BCUT2D eigenvalue weighted by atomic mass is 10.3. The van der Waals surface area contributed by atoms with Crippen LogP contribution in [0.15, 0.2) is 60.8 Å². The van der Waals surface area contributed by atoms with E-state index in [1.807, 2.05) is 30.3 Å². The fourth-order valence-electron chi connectivity index (χ4n) is 1.86. The van der Waals surface area contributed by atoms with Gasteiger partial charge in [-0.15, -0.1) is 0 Å². The van der Waals surface area contributed by atoms with Crippen LogP contribution in [0.25, 0.3) is 0 Å². The number of hydrogen-bond acceptors (Lipinski definition) is 4. The van der Waals surface area contributed by atoms with E-state index in [0.717, 1.165) is 11.9 Å². The molecule has 0 aliphatic heterocycles. The summed E-state index contributed by atoms with van der Waals surface area (Å²) in [5.41, 5.74) is 1.39. The predicted molar refractivity (Wildman–Crippen MR) is 86.4 cm³/mol. The molecule has 2 N–H and O–H groups in total. The average molecular weight is 315 g/mol. The molecule has 4 nitrogen and oxygen atoms in total. The van der Waals surface area contributed by atoms with Gasteiger partial charge in [0.05, 0.1) is 16.9 Å². The number of nitrogens with one attached hydrogen (secondary N) is 2. The van der Waals surface area contributed by atoms with Gasteiger partial charge in [0.2, 0.25) is 5.95 Å². The van der Waals surface area contributed by atoms with E-state index in [1.165, 1.54) is 0 Å². The summed E-state index contributed by atoms with van der Waals surface area (Å²) in [5.74, 6) is -0.206. The van der Waals surface area contributed by atoms with Crippen LogP contribution in [0.5, 0.6) is 0 Å². The summed E-state index contributed by atoms with van der Waals surface area (Å²) in [5, 5.41) is 6.36. The van der Waals surface area contributed by atoms with Gasteiger partial charge in [0.1, 0.15) is 0 Å². The van der Waals surface area contributed by atoms with E-state index in [0.29, 0.717) is 16.7 Å². The molecule has 0 saturated heterocycles. The van der Waals surface area contributed by atoms with Crippen LogP contribution in [0.2, 0.25) is 5.02 Å². The second-order valence-corrected chi connectivity index (χ2v) is 4.89. The lowest BCUT2D eigenvalue weighted by Gasteiger charge is -2.10. The third-order valence-corrected chi connectivity index (χ3v) is 3.23. The van der Waals surface area contributed by atoms with Crippen molar-refractivity contribution < 1.29 is 4.39 Å². The van der Waals surface area contributed by atoms with E-state index in [4.69, 9.17) is 11.6 Å². The quantitative estimate of drug-likeness (QED) is 0.729. The number of rotatable bonds is 4. The van der Waals surface area contributed by atoms with Gasteiger partial charge in [-0.1, -0.05) is 41.9 Å². The molecule has 6 heteroatoms. The third-order valence-electron chi connectivity index (χ3n) is 2.90. The zero-order valence-corrected chi connectivity index (χ0v) is 12.2. The van der Waals surface area contributed by atoms with Crippen molar-refractivity contribution in [1.82, 2.24) is 9.97 Å². The van der Waals surface area contributed by atoms with Gasteiger partial charge in [-0.2, -0.15) is 4.98 Å². The molecule has 2 aromatic carbocycles. The molecule has 0 radical (unpaired) electrons. The van der Waals surface area contributed by atoms with Gasteiger partial charge in [0, 0.05) is 5.69 Å². The molecule has 0 atom stereocenters. The molecule has 1 heterocycles. The van der Waals surface area contributed by atoms with Gasteiger partial charge in [-0.25, -0.2) is 9.37 Å². The Hall–Kier alpha value is -2.66. The number of hydrogen-bond donors (Lipinski definition) is 2. The maximum Gasteiger partial charge on any atom is 0.229 e. The van der Waals surface area contributed by atoms with E-state index >= 15 is 0 Å². The van der Waals surface area contributed by atoms with Crippen LogP contribution < -0.4 is 10.6 Å². The first-order valence-corrected chi connectivity index (χ1v) is 6.96. The predicted octanol–water partition coefficient (Wildman–Crippen LogP) is 4.76. The van der Waals surface area contributed by atoms with Gasteiger partial charge < -0.3 is 10.6 Å². The van der Waals surface area contributed by atoms with E-state index in [1.54, 1.807) is 24.3 Å². The highest BCUT2D eigenvalue weighted by Crippen LogP contribution is 2.25. The van der Waals surface area contributed by atoms with Crippen molar-refractivity contribution in [3.63, 3.8) is 0 Å². The van der Waals surface area contributed by atoms with Crippen LogP contribution in [0.4, 0.5) is 27.5 Å². The highest BCUT2D eigenvalue weighted by molar-refractivity contribution is 6.33. The topological polar surface area (TPSA) is 49.8 Å². The summed E-state index contributed by atoms with van der Waals surface area (Å²) in [7, 11) is 0. The van der Waals surface area contributed by atoms with Crippen molar-refractivity contribution in [3.05, 3.63) is 71.6 Å². The number of para-hydroxylation sites is 2. The largest absolute Gasteiger partial charge is 0.336 e. The molecule has 0 aliphatic rings. The second kappa shape index (κ2) is 6.41. The fourth-order valence-corrected chi connectivity index (χ4v) is 2.04. The van der Waals surface area contributed by atoms with Crippen LogP contribution in [0.1, 0.15) is 0 Å². The molecule has 0 bridgehead atoms. The standard InChI is InChI=1S/C16H12ClFN4/c17-12-8-4-5-9-14(12)21-15-13(18)10-19-16(22-15)20-11-6-2-1-3-7-11/h1-10H,(H2,19,20,21,22). The van der Waals surface area contributed by atoms with Crippen molar-refractivity contribution in [2.45, 2.75) is 0 Å². The van der Waals surface area contributed by atoms with Gasteiger partial charge in [0.15, 0.2) is 11.6 Å². The minimum absolute atomic E-state index is 0.0570. The number of aromatic nitrogens is 2. The second-order valence-electron chi connectivity index (χ2n) is 4.49. The maximum atomic E-state index is 13.9. The van der Waals surface area contributed by atoms with Crippen LogP contribution >= 0.6 is 11.6 Å². The first-order chi connectivity index (χ1) is 10.7. The zero-order valence-electron chi connectivity index (χ0n) is 11.4. The maximum absolute atomic E-state index is 13.9. The Bertz CT molecular complexity index is 780. The van der Waals surface area contributed by atoms with E-state index in [-0.39, 0.29) is 5.82 Å². The fraction of sp³-hybridized carbons (Fsp3) is 0. The monoisotopic (exact) mass is 314 g/mol. The SMILES string of the molecule is Fc1cnc(Nc2ccccc2)nc1Nc1ccccc1Cl. The number of benzene rings is 2. The average Bonchev–Trinajstić information content (AvgIpc) is 2.54. The van der Waals surface area contributed by atoms with Crippen molar-refractivity contribution in [2.75, 3.05) is 10.6 Å². The molecule has 1 aromatic heterocycles. The van der Waals surface area contributed by atoms with Gasteiger partial charge in [-0.3, -0.25) is 0 Å². The van der Waals surface area contributed by atoms with E-state index in [9.17, 15) is 4.39 Å². The lowest BCUT2D eigenvalue weighted by Crippen LogP contribution is -2.03. The number of halogens is 2. The molecule has 0 fully saturated rings. The summed E-state index contributed by atoms with van der Waals surface area (Å²) in [4.78, 5) is 8.07. The Kier molecular flexibility index (Phi) is 4.16. The molecule has 0 unspecified atom stereocenters. The summed E-state index contributed by atoms with van der Waals surface area (Å²) in [6.07, 6.45) is 1.11. The minimum Gasteiger partial charge on any atom is -0.336 e. The molecular weight excluding hydrogens is 303 g/mol. The van der Waals surface area contributed by atoms with Gasteiger partial charge in [-0.05, 0) is 24.3 Å². The van der Waals surface area contributed by atoms with E-state index < -0.39 is 5.82 Å². The Morgan fingerprint density at radius 2 is 1.64 bits per heavy atom. The number of anilines is 4. The smallest absolute Gasteiger partial charge is 0.229 e. The molecule has 3 aromatic rings. The minimum atomic E-state index is -0.557. The van der Waals surface area contributed by atoms with Crippen molar-refractivity contribution in [2.24, 2.45) is 0 Å². The van der Waals surface area contributed by atoms with Crippen LogP contribution in [-0.4, -0.2) is 9.97 Å². The molecule has 22 heavy (non-hydrogen) atoms. The third kappa shape index (κ3) is 3.32. The van der Waals surface area contributed by atoms with Gasteiger partial charge in [0.25, 0.3) is 0 Å². The molecule has 0 spiro atoms. The number of nitrogens with zero attached hydrogens (tertiary/aromatic N) is 2. The molecule has 0 aliphatic carbocycles. The first-order valence-electron chi connectivity index (χ1n) is 6.58. The Morgan fingerprint density at radius 3 is 2.41 bits per heavy atom. The van der Waals surface area contributed by atoms with Crippen molar-refractivity contribution >= 4 is 34.7 Å². The van der Waals surface area contributed by atoms with Crippen LogP contribution in [0.3, 0.4) is 0 Å². The summed E-state index contributed by atoms with van der Waals surface area (Å²) in [6, 6.07) is 16.5. The Labute approximate surface area is 132 Å². The summed E-state index contributed by atoms with van der Waals surface area (Å²) < 4.78 is 13.9. The molecule has 0 amide bonds. The highest BCUT2D eigenvalue weighted by Gasteiger charge is 2.09. The Balaban J connectivity index is 1.86. The molecule has 3 rings (SSSR count). The van der Waals surface area contributed by atoms with Crippen molar-refractivity contribution in [3.8, 4) is 0 Å². The zero-order chi connectivity index (χ0) is 15.4. The van der Waals surface area contributed by atoms with Crippen LogP contribution in [0, 0.1) is 5.82 Å². The summed E-state index contributed by atoms with van der Waals surface area (Å²) in [6.45, 7) is 0. The Morgan fingerprint density at radius 1 is 0.909 bits per heavy atom.